The molecule has 0 aliphatic carbocycles. The van der Waals surface area contributed by atoms with Crippen molar-refractivity contribution < 1.29 is 14.6 Å². The number of hydrogen-bond donors (Lipinski definition) is 1. The third kappa shape index (κ3) is 4.49. The van der Waals surface area contributed by atoms with Gasteiger partial charge in [-0.25, -0.2) is 0 Å². The average Bonchev–Trinajstić information content (AvgIpc) is 2.40. The number of aliphatic hydroxyl groups excluding tert-OH is 1. The van der Waals surface area contributed by atoms with E-state index in [0.29, 0.717) is 13.2 Å². The molecule has 19 heavy (non-hydrogen) atoms. The first-order valence-electron chi connectivity index (χ1n) is 6.63. The van der Waals surface area contributed by atoms with E-state index in [1.165, 1.54) is 0 Å². The summed E-state index contributed by atoms with van der Waals surface area (Å²) in [4.78, 5) is 2.22. The molecule has 1 rings (SSSR count). The Labute approximate surface area is 115 Å². The first-order valence-corrected chi connectivity index (χ1v) is 6.63. The summed E-state index contributed by atoms with van der Waals surface area (Å²) in [6.45, 7) is 5.94. The third-order valence-corrected chi connectivity index (χ3v) is 3.17. The van der Waals surface area contributed by atoms with E-state index in [2.05, 4.69) is 11.8 Å². The highest BCUT2D eigenvalue weighted by Crippen LogP contribution is 2.27. The highest BCUT2D eigenvalue weighted by Gasteiger charge is 2.18. The quantitative estimate of drug-likeness (QED) is 0.784. The van der Waals surface area contributed by atoms with E-state index in [4.69, 9.17) is 9.47 Å². The van der Waals surface area contributed by atoms with E-state index in [-0.39, 0.29) is 6.04 Å². The van der Waals surface area contributed by atoms with E-state index in [1.807, 2.05) is 24.3 Å². The van der Waals surface area contributed by atoms with Crippen molar-refractivity contribution in [3.8, 4) is 0 Å². The monoisotopic (exact) mass is 267 g/mol. The first kappa shape index (κ1) is 16.0. The van der Waals surface area contributed by atoms with Gasteiger partial charge in [-0.15, -0.1) is 0 Å². The second-order valence-corrected chi connectivity index (χ2v) is 4.73. The van der Waals surface area contributed by atoms with Crippen LogP contribution in [0.5, 0.6) is 0 Å². The van der Waals surface area contributed by atoms with Gasteiger partial charge in [0, 0.05) is 38.1 Å². The van der Waals surface area contributed by atoms with Crippen molar-refractivity contribution >= 4 is 5.69 Å². The van der Waals surface area contributed by atoms with Crippen molar-refractivity contribution in [2.24, 2.45) is 0 Å². The zero-order chi connectivity index (χ0) is 14.3. The van der Waals surface area contributed by atoms with Crippen molar-refractivity contribution in [1.82, 2.24) is 0 Å². The number of benzene rings is 1. The van der Waals surface area contributed by atoms with Gasteiger partial charge < -0.3 is 19.5 Å². The number of hydrogen-bond acceptors (Lipinski definition) is 4. The molecule has 0 aliphatic heterocycles. The lowest BCUT2D eigenvalue weighted by molar-refractivity contribution is 0.169. The molecule has 1 aromatic carbocycles. The minimum absolute atomic E-state index is 0.222. The van der Waals surface area contributed by atoms with Crippen LogP contribution in [0.3, 0.4) is 0 Å². The van der Waals surface area contributed by atoms with Gasteiger partial charge >= 0.3 is 0 Å². The van der Waals surface area contributed by atoms with Crippen LogP contribution in [0, 0.1) is 0 Å². The Balaban J connectivity index is 3.02. The predicted octanol–water partition coefficient (Wildman–Crippen LogP) is 2.23. The molecule has 1 aromatic rings. The molecule has 0 bridgehead atoms. The second-order valence-electron chi connectivity index (χ2n) is 4.73. The molecule has 0 fully saturated rings. The molecule has 4 nitrogen and oxygen atoms in total. The minimum Gasteiger partial charge on any atom is -0.389 e. The summed E-state index contributed by atoms with van der Waals surface area (Å²) in [7, 11) is 3.39. The van der Waals surface area contributed by atoms with Crippen LogP contribution in [0.25, 0.3) is 0 Å². The van der Waals surface area contributed by atoms with E-state index < -0.39 is 6.10 Å². The van der Waals surface area contributed by atoms with Crippen LogP contribution >= 0.6 is 0 Å². The lowest BCUT2D eigenvalue weighted by Crippen LogP contribution is -2.39. The highest BCUT2D eigenvalue weighted by molar-refractivity contribution is 5.55. The maximum atomic E-state index is 9.90. The first-order chi connectivity index (χ1) is 9.11. The van der Waals surface area contributed by atoms with Gasteiger partial charge in [0.1, 0.15) is 0 Å². The van der Waals surface area contributed by atoms with Gasteiger partial charge in [-0.05, 0) is 19.9 Å². The van der Waals surface area contributed by atoms with Crippen LogP contribution in [-0.2, 0) is 9.47 Å². The van der Waals surface area contributed by atoms with Crippen LogP contribution in [0.1, 0.15) is 25.5 Å². The summed E-state index contributed by atoms with van der Waals surface area (Å²) in [6, 6.07) is 8.14. The molecule has 1 N–H and O–H groups in total. The van der Waals surface area contributed by atoms with Gasteiger partial charge in [0.2, 0.25) is 0 Å². The molecular formula is C15H25NO3. The Morgan fingerprint density at radius 1 is 1.16 bits per heavy atom. The number of para-hydroxylation sites is 1. The van der Waals surface area contributed by atoms with E-state index in [1.54, 1.807) is 21.1 Å². The maximum Gasteiger partial charge on any atom is 0.0781 e. The molecule has 0 heterocycles. The minimum atomic E-state index is -0.490. The SMILES string of the molecule is COCCN(c1ccccc1[C@@H](C)O)C(C)COC. The van der Waals surface area contributed by atoms with Gasteiger partial charge in [-0.3, -0.25) is 0 Å². The summed E-state index contributed by atoms with van der Waals surface area (Å²) in [5, 5.41) is 9.90. The molecule has 2 atom stereocenters. The smallest absolute Gasteiger partial charge is 0.0781 e. The fourth-order valence-corrected chi connectivity index (χ4v) is 2.20. The van der Waals surface area contributed by atoms with Crippen LogP contribution in [-0.4, -0.2) is 45.1 Å². The number of aliphatic hydroxyl groups is 1. The van der Waals surface area contributed by atoms with Gasteiger partial charge in [0.05, 0.1) is 19.3 Å². The Morgan fingerprint density at radius 3 is 2.42 bits per heavy atom. The van der Waals surface area contributed by atoms with Crippen molar-refractivity contribution in [3.63, 3.8) is 0 Å². The Hall–Kier alpha value is -1.10. The van der Waals surface area contributed by atoms with E-state index >= 15 is 0 Å². The summed E-state index contributed by atoms with van der Waals surface area (Å²) in [5.74, 6) is 0. The molecule has 0 spiro atoms. The summed E-state index contributed by atoms with van der Waals surface area (Å²) in [6.07, 6.45) is -0.490. The van der Waals surface area contributed by atoms with E-state index in [0.717, 1.165) is 17.8 Å². The third-order valence-electron chi connectivity index (χ3n) is 3.17. The zero-order valence-electron chi connectivity index (χ0n) is 12.3. The lowest BCUT2D eigenvalue weighted by atomic mass is 10.1. The molecule has 0 saturated carbocycles. The standard InChI is InChI=1S/C15H25NO3/c1-12(11-19-4)16(9-10-18-3)15-8-6-5-7-14(15)13(2)17/h5-8,12-13,17H,9-11H2,1-4H3/t12?,13-/m1/s1. The number of rotatable bonds is 8. The normalized spacial score (nSPS) is 14.2. The lowest BCUT2D eigenvalue weighted by Gasteiger charge is -2.33. The molecule has 108 valence electrons. The van der Waals surface area contributed by atoms with Crippen molar-refractivity contribution in [3.05, 3.63) is 29.8 Å². The molecule has 0 aromatic heterocycles. The van der Waals surface area contributed by atoms with Gasteiger partial charge in [-0.2, -0.15) is 0 Å². The summed E-state index contributed by atoms with van der Waals surface area (Å²) < 4.78 is 10.4. The molecule has 0 saturated heterocycles. The maximum absolute atomic E-state index is 9.90. The second kappa shape index (κ2) is 8.15. The topological polar surface area (TPSA) is 41.9 Å². The van der Waals surface area contributed by atoms with Gasteiger partial charge in [0.25, 0.3) is 0 Å². The molecule has 0 amide bonds. The highest BCUT2D eigenvalue weighted by atomic mass is 16.5. The fraction of sp³-hybridized carbons (Fsp3) is 0.600. The van der Waals surface area contributed by atoms with Gasteiger partial charge in [-0.1, -0.05) is 18.2 Å². The Kier molecular flexibility index (Phi) is 6.84. The molecule has 0 radical (unpaired) electrons. The van der Waals surface area contributed by atoms with E-state index in [9.17, 15) is 5.11 Å². The fourth-order valence-electron chi connectivity index (χ4n) is 2.20. The van der Waals surface area contributed by atoms with Crippen molar-refractivity contribution in [2.45, 2.75) is 26.0 Å². The molecule has 4 heteroatoms. The van der Waals surface area contributed by atoms with Crippen LogP contribution < -0.4 is 4.90 Å². The van der Waals surface area contributed by atoms with Crippen molar-refractivity contribution in [2.75, 3.05) is 38.9 Å². The van der Waals surface area contributed by atoms with Gasteiger partial charge in [0.15, 0.2) is 0 Å². The summed E-state index contributed by atoms with van der Waals surface area (Å²) in [5.41, 5.74) is 1.97. The number of ether oxygens (including phenoxy) is 2. The van der Waals surface area contributed by atoms with Crippen molar-refractivity contribution in [1.29, 1.82) is 0 Å². The average molecular weight is 267 g/mol. The number of anilines is 1. The Bertz CT molecular complexity index is 368. The Morgan fingerprint density at radius 2 is 1.84 bits per heavy atom. The molecular weight excluding hydrogens is 242 g/mol. The largest absolute Gasteiger partial charge is 0.389 e. The van der Waals surface area contributed by atoms with Crippen LogP contribution in [0.2, 0.25) is 0 Å². The number of nitrogens with zero attached hydrogens (tertiary/aromatic N) is 1. The zero-order valence-corrected chi connectivity index (χ0v) is 12.3. The molecule has 0 aliphatic rings. The molecule has 1 unspecified atom stereocenters. The van der Waals surface area contributed by atoms with Crippen LogP contribution in [0.4, 0.5) is 5.69 Å². The number of methoxy groups -OCH3 is 2. The summed E-state index contributed by atoms with van der Waals surface area (Å²) >= 11 is 0. The predicted molar refractivity (Wildman–Crippen MR) is 77.6 cm³/mol. The van der Waals surface area contributed by atoms with Crippen LogP contribution in [0.15, 0.2) is 24.3 Å².